The second-order valence-electron chi connectivity index (χ2n) is 4.81. The molecule has 100 valence electrons. The van der Waals surface area contributed by atoms with E-state index < -0.39 is 0 Å². The largest absolute Gasteiger partial charge is 0.492 e. The quantitative estimate of drug-likeness (QED) is 0.837. The molecule has 2 N–H and O–H groups in total. The van der Waals surface area contributed by atoms with Crippen molar-refractivity contribution in [3.8, 4) is 5.75 Å². The molecule has 1 fully saturated rings. The van der Waals surface area contributed by atoms with Crippen molar-refractivity contribution in [2.45, 2.75) is 6.54 Å². The first-order valence-corrected chi connectivity index (χ1v) is 6.61. The van der Waals surface area contributed by atoms with E-state index in [1.807, 2.05) is 24.3 Å². The maximum absolute atomic E-state index is 5.82. The molecule has 0 amide bonds. The van der Waals surface area contributed by atoms with Crippen LogP contribution in [0.4, 0.5) is 0 Å². The summed E-state index contributed by atoms with van der Waals surface area (Å²) in [6, 6.07) is 8.00. The number of benzene rings is 1. The van der Waals surface area contributed by atoms with E-state index in [1.54, 1.807) is 0 Å². The van der Waals surface area contributed by atoms with Gasteiger partial charge in [0.25, 0.3) is 0 Å². The topological polar surface area (TPSA) is 41.7 Å². The van der Waals surface area contributed by atoms with Gasteiger partial charge in [0.2, 0.25) is 0 Å². The third-order valence-electron chi connectivity index (χ3n) is 3.45. The van der Waals surface area contributed by atoms with Gasteiger partial charge < -0.3 is 15.4 Å². The Balaban J connectivity index is 1.75. The molecule has 0 atom stereocenters. The molecule has 4 nitrogen and oxygen atoms in total. The average molecular weight is 249 g/mol. The lowest BCUT2D eigenvalue weighted by molar-refractivity contribution is 0.133. The minimum atomic E-state index is 0.532. The van der Waals surface area contributed by atoms with Crippen LogP contribution in [0.5, 0.6) is 5.75 Å². The van der Waals surface area contributed by atoms with Crippen molar-refractivity contribution in [1.82, 2.24) is 9.80 Å². The Morgan fingerprint density at radius 3 is 2.61 bits per heavy atom. The Morgan fingerprint density at radius 2 is 1.89 bits per heavy atom. The summed E-state index contributed by atoms with van der Waals surface area (Å²) in [6.45, 7) is 6.84. The van der Waals surface area contributed by atoms with E-state index in [9.17, 15) is 0 Å². The third-order valence-corrected chi connectivity index (χ3v) is 3.45. The molecule has 1 aliphatic heterocycles. The van der Waals surface area contributed by atoms with Crippen molar-refractivity contribution >= 4 is 0 Å². The van der Waals surface area contributed by atoms with Crippen molar-refractivity contribution in [2.24, 2.45) is 5.73 Å². The molecule has 0 spiro atoms. The Kier molecular flexibility index (Phi) is 4.99. The molecular weight excluding hydrogens is 226 g/mol. The molecule has 0 aromatic heterocycles. The van der Waals surface area contributed by atoms with Gasteiger partial charge in [-0.1, -0.05) is 18.2 Å². The van der Waals surface area contributed by atoms with E-state index >= 15 is 0 Å². The van der Waals surface area contributed by atoms with Crippen LogP contribution in [-0.4, -0.2) is 56.2 Å². The standard InChI is InChI=1S/C14H23N3O/c1-16-6-8-17(9-7-16)10-11-18-14-5-3-2-4-13(14)12-15/h2-5H,6-12,15H2,1H3. The lowest BCUT2D eigenvalue weighted by Crippen LogP contribution is -2.45. The van der Waals surface area contributed by atoms with Crippen LogP contribution in [0.3, 0.4) is 0 Å². The van der Waals surface area contributed by atoms with Crippen LogP contribution in [0.2, 0.25) is 0 Å². The zero-order valence-corrected chi connectivity index (χ0v) is 11.1. The highest BCUT2D eigenvalue weighted by atomic mass is 16.5. The van der Waals surface area contributed by atoms with Crippen LogP contribution >= 0.6 is 0 Å². The van der Waals surface area contributed by atoms with E-state index in [-0.39, 0.29) is 0 Å². The van der Waals surface area contributed by atoms with E-state index in [0.717, 1.165) is 50.6 Å². The zero-order chi connectivity index (χ0) is 12.8. The van der Waals surface area contributed by atoms with Gasteiger partial charge in [-0.15, -0.1) is 0 Å². The van der Waals surface area contributed by atoms with Crippen molar-refractivity contribution in [3.63, 3.8) is 0 Å². The van der Waals surface area contributed by atoms with E-state index in [4.69, 9.17) is 10.5 Å². The number of para-hydroxylation sites is 1. The van der Waals surface area contributed by atoms with Crippen molar-refractivity contribution < 1.29 is 4.74 Å². The van der Waals surface area contributed by atoms with Gasteiger partial charge in [0, 0.05) is 44.8 Å². The second-order valence-corrected chi connectivity index (χ2v) is 4.81. The molecule has 4 heteroatoms. The van der Waals surface area contributed by atoms with Gasteiger partial charge >= 0.3 is 0 Å². The fraction of sp³-hybridized carbons (Fsp3) is 0.571. The molecule has 0 saturated carbocycles. The predicted molar refractivity (Wildman–Crippen MR) is 73.8 cm³/mol. The van der Waals surface area contributed by atoms with Crippen LogP contribution < -0.4 is 10.5 Å². The number of ether oxygens (including phenoxy) is 1. The van der Waals surface area contributed by atoms with Crippen LogP contribution in [0.1, 0.15) is 5.56 Å². The molecule has 18 heavy (non-hydrogen) atoms. The smallest absolute Gasteiger partial charge is 0.123 e. The van der Waals surface area contributed by atoms with Crippen molar-refractivity contribution in [2.75, 3.05) is 46.4 Å². The van der Waals surface area contributed by atoms with Crippen molar-refractivity contribution in [3.05, 3.63) is 29.8 Å². The fourth-order valence-electron chi connectivity index (χ4n) is 2.17. The fourth-order valence-corrected chi connectivity index (χ4v) is 2.17. The molecule has 1 aliphatic rings. The highest BCUT2D eigenvalue weighted by Crippen LogP contribution is 2.16. The highest BCUT2D eigenvalue weighted by Gasteiger charge is 2.13. The van der Waals surface area contributed by atoms with Gasteiger partial charge in [-0.3, -0.25) is 4.90 Å². The first-order valence-electron chi connectivity index (χ1n) is 6.61. The molecule has 0 unspecified atom stereocenters. The zero-order valence-electron chi connectivity index (χ0n) is 11.1. The number of nitrogens with zero attached hydrogens (tertiary/aromatic N) is 2. The van der Waals surface area contributed by atoms with Crippen molar-refractivity contribution in [1.29, 1.82) is 0 Å². The van der Waals surface area contributed by atoms with Gasteiger partial charge in [0.05, 0.1) is 0 Å². The molecule has 1 aromatic carbocycles. The van der Waals surface area contributed by atoms with E-state index in [1.165, 1.54) is 0 Å². The number of piperazine rings is 1. The lowest BCUT2D eigenvalue weighted by Gasteiger charge is -2.32. The lowest BCUT2D eigenvalue weighted by atomic mass is 10.2. The van der Waals surface area contributed by atoms with Crippen LogP contribution in [0.15, 0.2) is 24.3 Å². The first kappa shape index (κ1) is 13.3. The molecular formula is C14H23N3O. The monoisotopic (exact) mass is 249 g/mol. The Hall–Kier alpha value is -1.10. The summed E-state index contributed by atoms with van der Waals surface area (Å²) < 4.78 is 5.82. The van der Waals surface area contributed by atoms with Gasteiger partial charge in [0.1, 0.15) is 12.4 Å². The summed E-state index contributed by atoms with van der Waals surface area (Å²) in [5.74, 6) is 0.925. The van der Waals surface area contributed by atoms with E-state index in [0.29, 0.717) is 6.54 Å². The number of hydrogen-bond acceptors (Lipinski definition) is 4. The summed E-state index contributed by atoms with van der Waals surface area (Å²) in [7, 11) is 2.17. The number of nitrogens with two attached hydrogens (primary N) is 1. The normalized spacial score (nSPS) is 17.9. The third kappa shape index (κ3) is 3.70. The molecule has 0 aliphatic carbocycles. The van der Waals surface area contributed by atoms with Crippen LogP contribution in [-0.2, 0) is 6.54 Å². The SMILES string of the molecule is CN1CCN(CCOc2ccccc2CN)CC1. The van der Waals surface area contributed by atoms with Gasteiger partial charge in [0.15, 0.2) is 0 Å². The summed E-state index contributed by atoms with van der Waals surface area (Å²) in [4.78, 5) is 4.81. The molecule has 0 radical (unpaired) electrons. The van der Waals surface area contributed by atoms with E-state index in [2.05, 4.69) is 16.8 Å². The summed E-state index contributed by atoms with van der Waals surface area (Å²) in [5.41, 5.74) is 6.76. The predicted octanol–water partition coefficient (Wildman–Crippen LogP) is 0.771. The molecule has 1 saturated heterocycles. The second kappa shape index (κ2) is 6.73. The Morgan fingerprint density at radius 1 is 1.17 bits per heavy atom. The number of likely N-dealkylation sites (N-methyl/N-ethyl adjacent to an activating group) is 1. The van der Waals surface area contributed by atoms with Crippen LogP contribution in [0.25, 0.3) is 0 Å². The first-order chi connectivity index (χ1) is 8.79. The average Bonchev–Trinajstić information content (AvgIpc) is 2.41. The highest BCUT2D eigenvalue weighted by molar-refractivity contribution is 5.32. The number of rotatable bonds is 5. The van der Waals surface area contributed by atoms with Gasteiger partial charge in [-0.05, 0) is 13.1 Å². The minimum Gasteiger partial charge on any atom is -0.492 e. The Bertz CT molecular complexity index is 362. The molecule has 1 aromatic rings. The Labute approximate surface area is 109 Å². The minimum absolute atomic E-state index is 0.532. The maximum atomic E-state index is 5.82. The van der Waals surface area contributed by atoms with Crippen LogP contribution in [0, 0.1) is 0 Å². The molecule has 0 bridgehead atoms. The summed E-state index contributed by atoms with van der Waals surface area (Å²) >= 11 is 0. The maximum Gasteiger partial charge on any atom is 0.123 e. The molecule has 2 rings (SSSR count). The molecule has 1 heterocycles. The van der Waals surface area contributed by atoms with Gasteiger partial charge in [-0.25, -0.2) is 0 Å². The summed E-state index contributed by atoms with van der Waals surface area (Å²) in [6.07, 6.45) is 0. The summed E-state index contributed by atoms with van der Waals surface area (Å²) in [5, 5.41) is 0. The number of hydrogen-bond donors (Lipinski definition) is 1. The van der Waals surface area contributed by atoms with Gasteiger partial charge in [-0.2, -0.15) is 0 Å².